The maximum atomic E-state index is 12.3. The van der Waals surface area contributed by atoms with E-state index in [0.717, 1.165) is 28.5 Å². The lowest BCUT2D eigenvalue weighted by molar-refractivity contribution is 0.0901. The van der Waals surface area contributed by atoms with Crippen LogP contribution in [0.25, 0.3) is 10.1 Å². The van der Waals surface area contributed by atoms with Crippen LogP contribution in [0, 0.1) is 0 Å². The minimum absolute atomic E-state index is 0.0159. The van der Waals surface area contributed by atoms with Crippen molar-refractivity contribution in [2.75, 3.05) is 6.61 Å². The zero-order valence-corrected chi connectivity index (χ0v) is 10.1. The lowest BCUT2D eigenvalue weighted by Gasteiger charge is -2.13. The number of allylic oxidation sites excluding steroid dienone is 2. The summed E-state index contributed by atoms with van der Waals surface area (Å²) in [6.45, 7) is 0.652. The van der Waals surface area contributed by atoms with Crippen molar-refractivity contribution in [1.82, 2.24) is 0 Å². The number of carbonyl (C=O) groups is 1. The topological polar surface area (TPSA) is 26.3 Å². The van der Waals surface area contributed by atoms with E-state index >= 15 is 0 Å². The summed E-state index contributed by atoms with van der Waals surface area (Å²) in [6, 6.07) is 7.97. The minimum Gasteiger partial charge on any atom is -0.490 e. The molecule has 0 aliphatic carbocycles. The molecule has 0 radical (unpaired) electrons. The SMILES string of the molecule is O=C(C1=CCCCO1)c1csc2ccccc12. The summed E-state index contributed by atoms with van der Waals surface area (Å²) in [4.78, 5) is 12.3. The van der Waals surface area contributed by atoms with E-state index < -0.39 is 0 Å². The highest BCUT2D eigenvalue weighted by Crippen LogP contribution is 2.28. The second-order valence-electron chi connectivity index (χ2n) is 4.03. The summed E-state index contributed by atoms with van der Waals surface area (Å²) >= 11 is 1.60. The van der Waals surface area contributed by atoms with Crippen LogP contribution in [0.2, 0.25) is 0 Å². The van der Waals surface area contributed by atoms with Gasteiger partial charge in [-0.15, -0.1) is 11.3 Å². The molecule has 0 amide bonds. The zero-order valence-electron chi connectivity index (χ0n) is 9.31. The molecule has 0 saturated carbocycles. The first-order valence-corrected chi connectivity index (χ1v) is 6.58. The number of hydrogen-bond acceptors (Lipinski definition) is 3. The molecule has 0 saturated heterocycles. The Kier molecular flexibility index (Phi) is 2.69. The molecule has 17 heavy (non-hydrogen) atoms. The minimum atomic E-state index is 0.0159. The molecule has 2 nitrogen and oxygen atoms in total. The maximum Gasteiger partial charge on any atom is 0.228 e. The van der Waals surface area contributed by atoms with Crippen LogP contribution in [0.1, 0.15) is 23.2 Å². The van der Waals surface area contributed by atoms with Gasteiger partial charge in [-0.1, -0.05) is 18.2 Å². The van der Waals surface area contributed by atoms with Crippen molar-refractivity contribution in [3.63, 3.8) is 0 Å². The fourth-order valence-corrected chi connectivity index (χ4v) is 2.94. The van der Waals surface area contributed by atoms with Crippen molar-refractivity contribution in [2.45, 2.75) is 12.8 Å². The Morgan fingerprint density at radius 1 is 1.29 bits per heavy atom. The van der Waals surface area contributed by atoms with Crippen molar-refractivity contribution < 1.29 is 9.53 Å². The zero-order chi connectivity index (χ0) is 11.7. The van der Waals surface area contributed by atoms with E-state index in [1.165, 1.54) is 0 Å². The molecule has 0 unspecified atom stereocenters. The first-order valence-electron chi connectivity index (χ1n) is 5.70. The average Bonchev–Trinajstić information content (AvgIpc) is 2.83. The van der Waals surface area contributed by atoms with Crippen LogP contribution in [0.5, 0.6) is 0 Å². The molecule has 3 heteroatoms. The van der Waals surface area contributed by atoms with Crippen LogP contribution in [-0.2, 0) is 4.74 Å². The van der Waals surface area contributed by atoms with E-state index in [0.29, 0.717) is 12.4 Å². The van der Waals surface area contributed by atoms with Gasteiger partial charge in [0.05, 0.1) is 6.61 Å². The quantitative estimate of drug-likeness (QED) is 0.751. The Labute approximate surface area is 104 Å². The molecule has 3 rings (SSSR count). The molecule has 2 aromatic rings. The van der Waals surface area contributed by atoms with Gasteiger partial charge in [-0.25, -0.2) is 0 Å². The molecule has 0 atom stereocenters. The number of ether oxygens (including phenoxy) is 1. The number of carbonyl (C=O) groups excluding carboxylic acids is 1. The third-order valence-electron chi connectivity index (χ3n) is 2.89. The summed E-state index contributed by atoms with van der Waals surface area (Å²) in [5, 5.41) is 2.95. The van der Waals surface area contributed by atoms with Gasteiger partial charge in [-0.2, -0.15) is 0 Å². The van der Waals surface area contributed by atoms with E-state index in [1.807, 2.05) is 35.7 Å². The molecule has 1 aliphatic heterocycles. The van der Waals surface area contributed by atoms with Crippen molar-refractivity contribution in [3.8, 4) is 0 Å². The molecule has 1 aromatic carbocycles. The van der Waals surface area contributed by atoms with Crippen molar-refractivity contribution in [2.24, 2.45) is 0 Å². The fraction of sp³-hybridized carbons (Fsp3) is 0.214. The van der Waals surface area contributed by atoms with Gasteiger partial charge in [0.2, 0.25) is 5.78 Å². The summed E-state index contributed by atoms with van der Waals surface area (Å²) in [7, 11) is 0. The number of fused-ring (bicyclic) bond motifs is 1. The van der Waals surface area contributed by atoms with Crippen LogP contribution in [0.15, 0.2) is 41.5 Å². The summed E-state index contributed by atoms with van der Waals surface area (Å²) in [5.41, 5.74) is 0.763. The van der Waals surface area contributed by atoms with Crippen molar-refractivity contribution in [3.05, 3.63) is 47.0 Å². The first kappa shape index (κ1) is 10.5. The summed E-state index contributed by atoms with van der Waals surface area (Å²) in [5.74, 6) is 0.530. The Balaban J connectivity index is 2.03. The molecule has 1 aliphatic rings. The third kappa shape index (κ3) is 1.87. The van der Waals surface area contributed by atoms with Crippen LogP contribution in [-0.4, -0.2) is 12.4 Å². The monoisotopic (exact) mass is 244 g/mol. The number of benzene rings is 1. The van der Waals surface area contributed by atoms with Gasteiger partial charge in [0.15, 0.2) is 5.76 Å². The summed E-state index contributed by atoms with van der Waals surface area (Å²) in [6.07, 6.45) is 3.84. The molecular weight excluding hydrogens is 232 g/mol. The van der Waals surface area contributed by atoms with E-state index in [4.69, 9.17) is 4.74 Å². The van der Waals surface area contributed by atoms with Crippen LogP contribution in [0.3, 0.4) is 0 Å². The fourth-order valence-electron chi connectivity index (χ4n) is 2.00. The lowest BCUT2D eigenvalue weighted by atomic mass is 10.1. The first-order chi connectivity index (χ1) is 8.36. The van der Waals surface area contributed by atoms with Gasteiger partial charge >= 0.3 is 0 Å². The molecule has 0 N–H and O–H groups in total. The average molecular weight is 244 g/mol. The molecule has 0 fully saturated rings. The molecule has 0 spiro atoms. The summed E-state index contributed by atoms with van der Waals surface area (Å²) < 4.78 is 6.57. The van der Waals surface area contributed by atoms with Crippen LogP contribution in [0.4, 0.5) is 0 Å². The second kappa shape index (κ2) is 4.34. The number of thiophene rings is 1. The van der Waals surface area contributed by atoms with E-state index in [1.54, 1.807) is 11.3 Å². The van der Waals surface area contributed by atoms with Crippen LogP contribution >= 0.6 is 11.3 Å². The Morgan fingerprint density at radius 2 is 2.18 bits per heavy atom. The Hall–Kier alpha value is -1.61. The highest BCUT2D eigenvalue weighted by molar-refractivity contribution is 7.17. The molecule has 1 aromatic heterocycles. The van der Waals surface area contributed by atoms with Crippen molar-refractivity contribution in [1.29, 1.82) is 0 Å². The predicted octanol–water partition coefficient (Wildman–Crippen LogP) is 3.78. The number of rotatable bonds is 2. The van der Waals surface area contributed by atoms with E-state index in [2.05, 4.69) is 0 Å². The van der Waals surface area contributed by atoms with Gasteiger partial charge in [0.25, 0.3) is 0 Å². The van der Waals surface area contributed by atoms with Gasteiger partial charge in [-0.05, 0) is 25.0 Å². The normalized spacial score (nSPS) is 15.4. The Morgan fingerprint density at radius 3 is 3.00 bits per heavy atom. The standard InChI is InChI=1S/C14H12O2S/c15-14(12-6-3-4-8-16-12)11-9-17-13-7-2-1-5-10(11)13/h1-2,5-7,9H,3-4,8H2. The third-order valence-corrected chi connectivity index (χ3v) is 3.85. The van der Waals surface area contributed by atoms with Crippen LogP contribution < -0.4 is 0 Å². The second-order valence-corrected chi connectivity index (χ2v) is 4.94. The van der Waals surface area contributed by atoms with Gasteiger partial charge < -0.3 is 4.74 Å². The van der Waals surface area contributed by atoms with E-state index in [9.17, 15) is 4.79 Å². The van der Waals surface area contributed by atoms with Gasteiger partial charge in [-0.3, -0.25) is 4.79 Å². The van der Waals surface area contributed by atoms with Crippen molar-refractivity contribution >= 4 is 27.2 Å². The highest BCUT2D eigenvalue weighted by Gasteiger charge is 2.19. The number of ketones is 1. The molecule has 2 heterocycles. The predicted molar refractivity (Wildman–Crippen MR) is 69.4 cm³/mol. The smallest absolute Gasteiger partial charge is 0.228 e. The number of hydrogen-bond donors (Lipinski definition) is 0. The lowest BCUT2D eigenvalue weighted by Crippen LogP contribution is -2.10. The Bertz CT molecular complexity index is 595. The van der Waals surface area contributed by atoms with Gasteiger partial charge in [0, 0.05) is 21.0 Å². The number of Topliss-reactive ketones (excluding diaryl/α,β-unsaturated/α-hetero) is 1. The molecule has 86 valence electrons. The van der Waals surface area contributed by atoms with E-state index in [-0.39, 0.29) is 5.78 Å². The molecule has 0 bridgehead atoms. The molecular formula is C14H12O2S. The maximum absolute atomic E-state index is 12.3. The highest BCUT2D eigenvalue weighted by atomic mass is 32.1. The van der Waals surface area contributed by atoms with Gasteiger partial charge in [0.1, 0.15) is 0 Å². The largest absolute Gasteiger partial charge is 0.490 e.